The number of pyridine rings is 1. The monoisotopic (exact) mass is 242 g/mol. The van der Waals surface area contributed by atoms with Gasteiger partial charge in [0.25, 0.3) is 0 Å². The lowest BCUT2D eigenvalue weighted by atomic mass is 10.1. The average molecular weight is 242 g/mol. The molecule has 0 bridgehead atoms. The zero-order chi connectivity index (χ0) is 13.0. The van der Waals surface area contributed by atoms with Crippen LogP contribution >= 0.6 is 0 Å². The van der Waals surface area contributed by atoms with Gasteiger partial charge in [-0.25, -0.2) is 4.98 Å². The van der Waals surface area contributed by atoms with Crippen molar-refractivity contribution >= 4 is 0 Å². The van der Waals surface area contributed by atoms with Gasteiger partial charge in [-0.3, -0.25) is 0 Å². The van der Waals surface area contributed by atoms with Crippen LogP contribution in [-0.2, 0) is 0 Å². The molecule has 94 valence electrons. The minimum Gasteiger partial charge on any atom is -0.439 e. The van der Waals surface area contributed by atoms with Crippen LogP contribution < -0.4 is 10.1 Å². The largest absolute Gasteiger partial charge is 0.439 e. The van der Waals surface area contributed by atoms with Gasteiger partial charge in [0.2, 0.25) is 5.88 Å². The van der Waals surface area contributed by atoms with Gasteiger partial charge in [-0.1, -0.05) is 17.7 Å². The van der Waals surface area contributed by atoms with E-state index < -0.39 is 0 Å². The summed E-state index contributed by atoms with van der Waals surface area (Å²) in [5.41, 5.74) is 2.38. The smallest absolute Gasteiger partial charge is 0.219 e. The maximum atomic E-state index is 5.73. The molecular formula is C15H18N2O. The maximum absolute atomic E-state index is 5.73. The summed E-state index contributed by atoms with van der Waals surface area (Å²) in [5.74, 6) is 1.43. The second-order valence-corrected chi connectivity index (χ2v) is 4.35. The van der Waals surface area contributed by atoms with Gasteiger partial charge in [0.05, 0.1) is 0 Å². The highest BCUT2D eigenvalue weighted by Gasteiger charge is 2.05. The number of rotatable bonds is 4. The lowest BCUT2D eigenvalue weighted by Crippen LogP contribution is -2.12. The van der Waals surface area contributed by atoms with E-state index in [4.69, 9.17) is 4.74 Å². The highest BCUT2D eigenvalue weighted by Crippen LogP contribution is 2.22. The van der Waals surface area contributed by atoms with Crippen LogP contribution in [0.15, 0.2) is 42.6 Å². The van der Waals surface area contributed by atoms with Crippen molar-refractivity contribution in [2.45, 2.75) is 19.9 Å². The van der Waals surface area contributed by atoms with Crippen molar-refractivity contribution in [3.8, 4) is 11.6 Å². The van der Waals surface area contributed by atoms with E-state index in [2.05, 4.69) is 24.1 Å². The molecule has 0 radical (unpaired) electrons. The van der Waals surface area contributed by atoms with Gasteiger partial charge in [-0.15, -0.1) is 0 Å². The molecule has 1 aromatic carbocycles. The molecule has 0 aliphatic carbocycles. The minimum absolute atomic E-state index is 0.286. The van der Waals surface area contributed by atoms with Gasteiger partial charge in [0, 0.05) is 18.3 Å². The number of aromatic nitrogens is 1. The summed E-state index contributed by atoms with van der Waals surface area (Å²) in [5, 5.41) is 3.20. The average Bonchev–Trinajstić information content (AvgIpc) is 2.41. The Kier molecular flexibility index (Phi) is 3.95. The van der Waals surface area contributed by atoms with Crippen LogP contribution in [-0.4, -0.2) is 12.0 Å². The molecule has 2 aromatic rings. The van der Waals surface area contributed by atoms with Crippen LogP contribution in [0.3, 0.4) is 0 Å². The Morgan fingerprint density at radius 3 is 2.56 bits per heavy atom. The van der Waals surface area contributed by atoms with Gasteiger partial charge >= 0.3 is 0 Å². The summed E-state index contributed by atoms with van der Waals surface area (Å²) in [7, 11) is 1.94. The zero-order valence-electron chi connectivity index (χ0n) is 11.0. The van der Waals surface area contributed by atoms with Crippen LogP contribution in [0.5, 0.6) is 11.6 Å². The molecule has 1 atom stereocenters. The van der Waals surface area contributed by atoms with E-state index in [-0.39, 0.29) is 6.04 Å². The molecule has 0 aliphatic heterocycles. The molecule has 0 saturated carbocycles. The van der Waals surface area contributed by atoms with E-state index in [0.717, 1.165) is 11.3 Å². The van der Waals surface area contributed by atoms with Gasteiger partial charge in [0.15, 0.2) is 0 Å². The number of hydrogen-bond donors (Lipinski definition) is 1. The summed E-state index contributed by atoms with van der Waals surface area (Å²) in [6.07, 6.45) is 1.77. The van der Waals surface area contributed by atoms with E-state index in [1.807, 2.05) is 43.4 Å². The van der Waals surface area contributed by atoms with E-state index >= 15 is 0 Å². The third-order valence-corrected chi connectivity index (χ3v) is 2.94. The predicted molar refractivity (Wildman–Crippen MR) is 73.0 cm³/mol. The first-order valence-corrected chi connectivity index (χ1v) is 6.07. The topological polar surface area (TPSA) is 34.2 Å². The minimum atomic E-state index is 0.286. The first kappa shape index (κ1) is 12.6. The lowest BCUT2D eigenvalue weighted by molar-refractivity contribution is 0.460. The zero-order valence-corrected chi connectivity index (χ0v) is 11.0. The molecule has 3 heteroatoms. The Morgan fingerprint density at radius 2 is 1.89 bits per heavy atom. The van der Waals surface area contributed by atoms with Crippen LogP contribution in [0.1, 0.15) is 24.1 Å². The highest BCUT2D eigenvalue weighted by atomic mass is 16.5. The summed E-state index contributed by atoms with van der Waals surface area (Å²) in [6, 6.07) is 12.2. The van der Waals surface area contributed by atoms with Crippen molar-refractivity contribution in [2.75, 3.05) is 7.05 Å². The molecule has 0 amide bonds. The number of nitrogens with zero attached hydrogens (tertiary/aromatic N) is 1. The SMILES string of the molecule is CNC(C)c1ccnc(Oc2ccc(C)cc2)c1. The number of benzene rings is 1. The van der Waals surface area contributed by atoms with Crippen molar-refractivity contribution in [3.63, 3.8) is 0 Å². The highest BCUT2D eigenvalue weighted by molar-refractivity contribution is 5.31. The van der Waals surface area contributed by atoms with Gasteiger partial charge in [-0.2, -0.15) is 0 Å². The summed E-state index contributed by atoms with van der Waals surface area (Å²) in [6.45, 7) is 4.16. The van der Waals surface area contributed by atoms with Crippen LogP contribution in [0.2, 0.25) is 0 Å². The van der Waals surface area contributed by atoms with Gasteiger partial charge < -0.3 is 10.1 Å². The molecule has 0 fully saturated rings. The quantitative estimate of drug-likeness (QED) is 0.891. The Bertz CT molecular complexity index is 508. The van der Waals surface area contributed by atoms with Crippen LogP contribution in [0.4, 0.5) is 0 Å². The summed E-state index contributed by atoms with van der Waals surface area (Å²) < 4.78 is 5.73. The number of aryl methyl sites for hydroxylation is 1. The second kappa shape index (κ2) is 5.65. The van der Waals surface area contributed by atoms with E-state index in [1.54, 1.807) is 6.20 Å². The number of nitrogens with one attached hydrogen (secondary N) is 1. The molecule has 0 spiro atoms. The van der Waals surface area contributed by atoms with E-state index in [1.165, 1.54) is 5.56 Å². The molecule has 1 aromatic heterocycles. The Labute approximate surface area is 108 Å². The van der Waals surface area contributed by atoms with Crippen molar-refractivity contribution in [2.24, 2.45) is 0 Å². The molecule has 1 heterocycles. The standard InChI is InChI=1S/C15H18N2O/c1-11-4-6-14(7-5-11)18-15-10-13(8-9-17-15)12(2)16-3/h4-10,12,16H,1-3H3. The molecule has 0 saturated heterocycles. The molecule has 2 rings (SSSR count). The third-order valence-electron chi connectivity index (χ3n) is 2.94. The number of ether oxygens (including phenoxy) is 1. The summed E-state index contributed by atoms with van der Waals surface area (Å²) in [4.78, 5) is 4.22. The third kappa shape index (κ3) is 3.08. The number of hydrogen-bond acceptors (Lipinski definition) is 3. The Hall–Kier alpha value is -1.87. The first-order chi connectivity index (χ1) is 8.69. The first-order valence-electron chi connectivity index (χ1n) is 6.07. The fraction of sp³-hybridized carbons (Fsp3) is 0.267. The molecule has 0 aliphatic rings. The lowest BCUT2D eigenvalue weighted by Gasteiger charge is -2.11. The van der Waals surface area contributed by atoms with Crippen molar-refractivity contribution in [1.82, 2.24) is 10.3 Å². The van der Waals surface area contributed by atoms with Crippen LogP contribution in [0, 0.1) is 6.92 Å². The molecular weight excluding hydrogens is 224 g/mol. The fourth-order valence-electron chi connectivity index (χ4n) is 1.64. The van der Waals surface area contributed by atoms with Gasteiger partial charge in [0.1, 0.15) is 5.75 Å². The molecule has 3 nitrogen and oxygen atoms in total. The van der Waals surface area contributed by atoms with Crippen molar-refractivity contribution in [1.29, 1.82) is 0 Å². The maximum Gasteiger partial charge on any atom is 0.219 e. The Balaban J connectivity index is 2.16. The predicted octanol–water partition coefficient (Wildman–Crippen LogP) is 3.46. The summed E-state index contributed by atoms with van der Waals surface area (Å²) >= 11 is 0. The van der Waals surface area contributed by atoms with E-state index in [0.29, 0.717) is 5.88 Å². The second-order valence-electron chi connectivity index (χ2n) is 4.35. The normalized spacial score (nSPS) is 12.2. The molecule has 1 N–H and O–H groups in total. The van der Waals surface area contributed by atoms with Crippen LogP contribution in [0.25, 0.3) is 0 Å². The van der Waals surface area contributed by atoms with Crippen molar-refractivity contribution < 1.29 is 4.74 Å². The van der Waals surface area contributed by atoms with Crippen molar-refractivity contribution in [3.05, 3.63) is 53.7 Å². The molecule has 18 heavy (non-hydrogen) atoms. The Morgan fingerprint density at radius 1 is 1.17 bits per heavy atom. The fourth-order valence-corrected chi connectivity index (χ4v) is 1.64. The molecule has 1 unspecified atom stereocenters. The van der Waals surface area contributed by atoms with Gasteiger partial charge in [-0.05, 0) is 44.7 Å². The van der Waals surface area contributed by atoms with E-state index in [9.17, 15) is 0 Å².